The summed E-state index contributed by atoms with van der Waals surface area (Å²) >= 11 is 5.81. The van der Waals surface area contributed by atoms with Gasteiger partial charge in [0, 0.05) is 46.3 Å². The van der Waals surface area contributed by atoms with Crippen LogP contribution < -0.4 is 0 Å². The molecule has 0 radical (unpaired) electrons. The summed E-state index contributed by atoms with van der Waals surface area (Å²) in [6.07, 6.45) is 1.06. The molecule has 0 saturated carbocycles. The molecule has 0 heterocycles. The molecule has 0 fully saturated rings. The van der Waals surface area contributed by atoms with Crippen molar-refractivity contribution in [1.82, 2.24) is 4.90 Å². The van der Waals surface area contributed by atoms with Crippen molar-refractivity contribution in [2.75, 3.05) is 52.9 Å². The van der Waals surface area contributed by atoms with Gasteiger partial charge in [-0.25, -0.2) is 0 Å². The number of hydrogen-bond donors (Lipinski definition) is 0. The second-order valence-corrected chi connectivity index (χ2v) is 4.21. The molecule has 0 aliphatic rings. The summed E-state index contributed by atoms with van der Waals surface area (Å²) in [5.41, 5.74) is 0. The van der Waals surface area contributed by atoms with Crippen LogP contribution in [0.15, 0.2) is 0 Å². The Hall–Kier alpha value is 0.170. The number of hydrogen-bond acceptors (Lipinski definition) is 3. The van der Waals surface area contributed by atoms with Crippen LogP contribution in [0.3, 0.4) is 0 Å². The van der Waals surface area contributed by atoms with E-state index in [9.17, 15) is 0 Å². The largest absolute Gasteiger partial charge is 0.385 e. The SMILES string of the molecule is COCCCN(CCOC)CC(C)CCl. The molecule has 0 amide bonds. The summed E-state index contributed by atoms with van der Waals surface area (Å²) in [4.78, 5) is 2.38. The highest BCUT2D eigenvalue weighted by molar-refractivity contribution is 6.18. The van der Waals surface area contributed by atoms with Crippen molar-refractivity contribution < 1.29 is 9.47 Å². The van der Waals surface area contributed by atoms with E-state index in [1.54, 1.807) is 14.2 Å². The van der Waals surface area contributed by atoms with Crippen LogP contribution in [-0.2, 0) is 9.47 Å². The molecule has 1 atom stereocenters. The van der Waals surface area contributed by atoms with Gasteiger partial charge in [0.25, 0.3) is 0 Å². The second-order valence-electron chi connectivity index (χ2n) is 3.90. The molecule has 3 nitrogen and oxygen atoms in total. The maximum Gasteiger partial charge on any atom is 0.0589 e. The molecule has 0 aromatic heterocycles. The molecule has 0 saturated heterocycles. The Labute approximate surface area is 98.7 Å². The summed E-state index contributed by atoms with van der Waals surface area (Å²) in [6.45, 7) is 6.83. The molecule has 0 spiro atoms. The van der Waals surface area contributed by atoms with Crippen LogP contribution in [-0.4, -0.2) is 57.8 Å². The van der Waals surface area contributed by atoms with E-state index in [0.717, 1.165) is 39.3 Å². The van der Waals surface area contributed by atoms with Gasteiger partial charge in [-0.1, -0.05) is 6.92 Å². The molecule has 0 aliphatic carbocycles. The second kappa shape index (κ2) is 10.7. The monoisotopic (exact) mass is 237 g/mol. The fourth-order valence-corrected chi connectivity index (χ4v) is 1.53. The predicted octanol–water partition coefficient (Wildman–Crippen LogP) is 1.85. The molecule has 0 N–H and O–H groups in total. The number of ether oxygens (including phenoxy) is 2. The third-order valence-corrected chi connectivity index (χ3v) is 2.79. The smallest absolute Gasteiger partial charge is 0.0589 e. The third-order valence-electron chi connectivity index (χ3n) is 2.27. The van der Waals surface area contributed by atoms with Crippen LogP contribution in [0.4, 0.5) is 0 Å². The quantitative estimate of drug-likeness (QED) is 0.428. The Morgan fingerprint density at radius 1 is 1.13 bits per heavy atom. The van der Waals surface area contributed by atoms with Crippen LogP contribution in [0.25, 0.3) is 0 Å². The molecule has 0 rings (SSSR count). The Balaban J connectivity index is 3.72. The lowest BCUT2D eigenvalue weighted by Crippen LogP contribution is -2.33. The predicted molar refractivity (Wildman–Crippen MR) is 64.7 cm³/mol. The van der Waals surface area contributed by atoms with Gasteiger partial charge in [0.05, 0.1) is 6.61 Å². The van der Waals surface area contributed by atoms with Crippen molar-refractivity contribution in [3.05, 3.63) is 0 Å². The van der Waals surface area contributed by atoms with Crippen molar-refractivity contribution in [2.24, 2.45) is 5.92 Å². The fourth-order valence-electron chi connectivity index (χ4n) is 1.44. The highest BCUT2D eigenvalue weighted by Crippen LogP contribution is 2.03. The molecular weight excluding hydrogens is 214 g/mol. The lowest BCUT2D eigenvalue weighted by Gasteiger charge is -2.24. The van der Waals surface area contributed by atoms with E-state index in [-0.39, 0.29) is 0 Å². The summed E-state index contributed by atoms with van der Waals surface area (Å²) in [5.74, 6) is 1.25. The van der Waals surface area contributed by atoms with E-state index in [2.05, 4.69) is 11.8 Å². The van der Waals surface area contributed by atoms with Gasteiger partial charge < -0.3 is 14.4 Å². The standard InChI is InChI=1S/C11H24ClNO2/c1-11(9-12)10-13(6-8-15-3)5-4-7-14-2/h11H,4-10H2,1-3H3. The van der Waals surface area contributed by atoms with Gasteiger partial charge >= 0.3 is 0 Å². The van der Waals surface area contributed by atoms with Crippen LogP contribution in [0.1, 0.15) is 13.3 Å². The lowest BCUT2D eigenvalue weighted by atomic mass is 10.2. The molecule has 4 heteroatoms. The summed E-state index contributed by atoms with van der Waals surface area (Å²) in [5, 5.41) is 0. The maximum absolute atomic E-state index is 5.81. The van der Waals surface area contributed by atoms with Gasteiger partial charge in [0.1, 0.15) is 0 Å². The minimum absolute atomic E-state index is 0.533. The molecule has 1 unspecified atom stereocenters. The molecule has 0 aromatic carbocycles. The lowest BCUT2D eigenvalue weighted by molar-refractivity contribution is 0.126. The Kier molecular flexibility index (Phi) is 10.8. The fraction of sp³-hybridized carbons (Fsp3) is 1.00. The highest BCUT2D eigenvalue weighted by atomic mass is 35.5. The summed E-state index contributed by atoms with van der Waals surface area (Å²) in [7, 11) is 3.47. The van der Waals surface area contributed by atoms with Gasteiger partial charge in [0.15, 0.2) is 0 Å². The van der Waals surface area contributed by atoms with Crippen LogP contribution in [0.2, 0.25) is 0 Å². The number of halogens is 1. The first-order chi connectivity index (χ1) is 7.24. The van der Waals surface area contributed by atoms with E-state index in [0.29, 0.717) is 11.8 Å². The molecular formula is C11H24ClNO2. The van der Waals surface area contributed by atoms with Gasteiger partial charge in [-0.3, -0.25) is 0 Å². The molecule has 0 bridgehead atoms. The van der Waals surface area contributed by atoms with Gasteiger partial charge in [-0.2, -0.15) is 0 Å². The van der Waals surface area contributed by atoms with Gasteiger partial charge in [-0.05, 0) is 12.3 Å². The van der Waals surface area contributed by atoms with Crippen LogP contribution >= 0.6 is 11.6 Å². The minimum atomic E-state index is 0.533. The topological polar surface area (TPSA) is 21.7 Å². The Morgan fingerprint density at radius 2 is 1.80 bits per heavy atom. The first kappa shape index (κ1) is 15.2. The summed E-state index contributed by atoms with van der Waals surface area (Å²) < 4.78 is 10.1. The molecule has 0 aromatic rings. The van der Waals surface area contributed by atoms with E-state index >= 15 is 0 Å². The minimum Gasteiger partial charge on any atom is -0.385 e. The van der Waals surface area contributed by atoms with Crippen molar-refractivity contribution in [1.29, 1.82) is 0 Å². The van der Waals surface area contributed by atoms with Crippen molar-refractivity contribution >= 4 is 11.6 Å². The van der Waals surface area contributed by atoms with E-state index < -0.39 is 0 Å². The number of rotatable bonds is 10. The number of methoxy groups -OCH3 is 2. The average Bonchev–Trinajstić information content (AvgIpc) is 2.25. The number of nitrogens with zero attached hydrogens (tertiary/aromatic N) is 1. The zero-order chi connectivity index (χ0) is 11.5. The maximum atomic E-state index is 5.81. The van der Waals surface area contributed by atoms with Crippen molar-refractivity contribution in [3.63, 3.8) is 0 Å². The van der Waals surface area contributed by atoms with Crippen LogP contribution in [0.5, 0.6) is 0 Å². The first-order valence-corrected chi connectivity index (χ1v) is 6.04. The Bertz CT molecular complexity index is 136. The van der Waals surface area contributed by atoms with Crippen molar-refractivity contribution in [2.45, 2.75) is 13.3 Å². The van der Waals surface area contributed by atoms with Crippen LogP contribution in [0, 0.1) is 5.92 Å². The molecule has 15 heavy (non-hydrogen) atoms. The summed E-state index contributed by atoms with van der Waals surface area (Å²) in [6, 6.07) is 0. The first-order valence-electron chi connectivity index (χ1n) is 5.50. The van der Waals surface area contributed by atoms with Gasteiger partial charge in [0.2, 0.25) is 0 Å². The van der Waals surface area contributed by atoms with Gasteiger partial charge in [-0.15, -0.1) is 11.6 Å². The molecule has 0 aliphatic heterocycles. The zero-order valence-corrected chi connectivity index (χ0v) is 10.9. The van der Waals surface area contributed by atoms with E-state index in [4.69, 9.17) is 21.1 Å². The third kappa shape index (κ3) is 9.12. The zero-order valence-electron chi connectivity index (χ0n) is 10.2. The van der Waals surface area contributed by atoms with E-state index in [1.165, 1.54) is 0 Å². The Morgan fingerprint density at radius 3 is 2.33 bits per heavy atom. The average molecular weight is 238 g/mol. The molecule has 92 valence electrons. The van der Waals surface area contributed by atoms with E-state index in [1.807, 2.05) is 0 Å². The highest BCUT2D eigenvalue weighted by Gasteiger charge is 2.08. The normalized spacial score (nSPS) is 13.4. The number of alkyl halides is 1. The van der Waals surface area contributed by atoms with Crippen molar-refractivity contribution in [3.8, 4) is 0 Å².